The van der Waals surface area contributed by atoms with Gasteiger partial charge in [-0.3, -0.25) is 0 Å². The maximum Gasteiger partial charge on any atom is 0.343 e. The first kappa shape index (κ1) is 23.1. The largest absolute Gasteiger partial charge is 0.497 e. The van der Waals surface area contributed by atoms with Crippen LogP contribution in [0.25, 0.3) is 11.1 Å². The molecule has 0 fully saturated rings. The Morgan fingerprint density at radius 2 is 1.50 bits per heavy atom. The lowest BCUT2D eigenvalue weighted by Gasteiger charge is -2.10. The monoisotopic (exact) mass is 458 g/mol. The van der Waals surface area contributed by atoms with Crippen molar-refractivity contribution < 1.29 is 28.5 Å². The predicted molar refractivity (Wildman–Crippen MR) is 129 cm³/mol. The molecule has 1 atom stereocenters. The average molecular weight is 459 g/mol. The van der Waals surface area contributed by atoms with Crippen LogP contribution in [-0.2, 0) is 9.53 Å². The van der Waals surface area contributed by atoms with Crippen LogP contribution in [0.5, 0.6) is 17.2 Å². The SMILES string of the molecule is C=CC(=O)OCCCOc1ccc(C(=O)Oc2ccc3c(c2)C(C)c2cc(OC)ccc2-3)cc1. The fourth-order valence-corrected chi connectivity index (χ4v) is 3.98. The van der Waals surface area contributed by atoms with Crippen molar-refractivity contribution in [2.75, 3.05) is 20.3 Å². The normalized spacial score (nSPS) is 13.4. The van der Waals surface area contributed by atoms with E-state index in [0.29, 0.717) is 30.1 Å². The van der Waals surface area contributed by atoms with E-state index in [0.717, 1.165) is 23.0 Å². The average Bonchev–Trinajstić information content (AvgIpc) is 3.14. The quantitative estimate of drug-likeness (QED) is 0.181. The van der Waals surface area contributed by atoms with Crippen LogP contribution in [-0.4, -0.2) is 32.3 Å². The summed E-state index contributed by atoms with van der Waals surface area (Å²) in [4.78, 5) is 23.7. The zero-order valence-electron chi connectivity index (χ0n) is 19.2. The second-order valence-corrected chi connectivity index (χ2v) is 7.91. The predicted octanol–water partition coefficient (Wildman–Crippen LogP) is 5.54. The molecular formula is C28H26O6. The summed E-state index contributed by atoms with van der Waals surface area (Å²) in [5.41, 5.74) is 5.07. The summed E-state index contributed by atoms with van der Waals surface area (Å²) >= 11 is 0. The molecule has 0 spiro atoms. The number of hydrogen-bond donors (Lipinski definition) is 0. The topological polar surface area (TPSA) is 71.1 Å². The zero-order chi connectivity index (χ0) is 24.1. The second-order valence-electron chi connectivity index (χ2n) is 7.91. The Bertz CT molecular complexity index is 1210. The Labute approximate surface area is 198 Å². The van der Waals surface area contributed by atoms with Crippen molar-refractivity contribution in [1.82, 2.24) is 0 Å². The summed E-state index contributed by atoms with van der Waals surface area (Å²) in [6.07, 6.45) is 1.68. The van der Waals surface area contributed by atoms with E-state index < -0.39 is 11.9 Å². The fourth-order valence-electron chi connectivity index (χ4n) is 3.98. The Balaban J connectivity index is 1.35. The minimum atomic E-state index is -0.453. The highest BCUT2D eigenvalue weighted by molar-refractivity contribution is 5.91. The molecule has 0 aromatic heterocycles. The highest BCUT2D eigenvalue weighted by atomic mass is 16.5. The van der Waals surface area contributed by atoms with Gasteiger partial charge in [-0.2, -0.15) is 0 Å². The zero-order valence-corrected chi connectivity index (χ0v) is 19.2. The molecule has 0 saturated heterocycles. The first-order valence-corrected chi connectivity index (χ1v) is 11.1. The number of fused-ring (bicyclic) bond motifs is 3. The molecule has 0 bridgehead atoms. The molecule has 0 heterocycles. The fraction of sp³-hybridized carbons (Fsp3) is 0.214. The Kier molecular flexibility index (Phi) is 6.97. The number of hydrogen-bond acceptors (Lipinski definition) is 6. The number of esters is 2. The number of benzene rings is 3. The first-order valence-electron chi connectivity index (χ1n) is 11.1. The summed E-state index contributed by atoms with van der Waals surface area (Å²) in [6, 6.07) is 18.6. The summed E-state index contributed by atoms with van der Waals surface area (Å²) < 4.78 is 21.5. The van der Waals surface area contributed by atoms with Crippen LogP contribution in [0.15, 0.2) is 73.3 Å². The second kappa shape index (κ2) is 10.3. The summed E-state index contributed by atoms with van der Waals surface area (Å²) in [7, 11) is 1.66. The molecule has 1 unspecified atom stereocenters. The van der Waals surface area contributed by atoms with Gasteiger partial charge >= 0.3 is 11.9 Å². The van der Waals surface area contributed by atoms with Crippen LogP contribution in [0.3, 0.4) is 0 Å². The molecule has 3 aromatic carbocycles. The summed E-state index contributed by atoms with van der Waals surface area (Å²) in [5.74, 6) is 1.23. The number of carbonyl (C=O) groups excluding carboxylic acids is 2. The molecular weight excluding hydrogens is 432 g/mol. The van der Waals surface area contributed by atoms with Crippen LogP contribution in [0, 0.1) is 0 Å². The number of rotatable bonds is 9. The van der Waals surface area contributed by atoms with E-state index in [4.69, 9.17) is 18.9 Å². The minimum Gasteiger partial charge on any atom is -0.497 e. The van der Waals surface area contributed by atoms with Gasteiger partial charge in [-0.15, -0.1) is 0 Å². The number of methoxy groups -OCH3 is 1. The van der Waals surface area contributed by atoms with E-state index in [1.54, 1.807) is 31.4 Å². The molecule has 1 aliphatic carbocycles. The highest BCUT2D eigenvalue weighted by Gasteiger charge is 2.26. The Morgan fingerprint density at radius 3 is 2.15 bits per heavy atom. The van der Waals surface area contributed by atoms with E-state index in [-0.39, 0.29) is 12.5 Å². The first-order chi connectivity index (χ1) is 16.5. The summed E-state index contributed by atoms with van der Waals surface area (Å²) in [6.45, 7) is 6.12. The van der Waals surface area contributed by atoms with Crippen LogP contribution in [0.1, 0.15) is 40.7 Å². The van der Waals surface area contributed by atoms with Gasteiger partial charge < -0.3 is 18.9 Å². The van der Waals surface area contributed by atoms with Gasteiger partial charge in [-0.1, -0.05) is 25.6 Å². The van der Waals surface area contributed by atoms with Crippen LogP contribution in [0.4, 0.5) is 0 Å². The lowest BCUT2D eigenvalue weighted by molar-refractivity contribution is -0.137. The van der Waals surface area contributed by atoms with Crippen LogP contribution in [0.2, 0.25) is 0 Å². The standard InChI is InChI=1S/C28H26O6/c1-4-27(29)33-15-5-14-32-20-8-6-19(7-9-20)28(30)34-22-11-13-24-23-12-10-21(31-3)16-25(23)18(2)26(24)17-22/h4,6-13,16-18H,1,5,14-15H2,2-3H3. The van der Waals surface area contributed by atoms with E-state index in [9.17, 15) is 9.59 Å². The lowest BCUT2D eigenvalue weighted by atomic mass is 9.99. The molecule has 0 radical (unpaired) electrons. The van der Waals surface area contributed by atoms with Gasteiger partial charge in [0, 0.05) is 18.4 Å². The van der Waals surface area contributed by atoms with Gasteiger partial charge in [0.25, 0.3) is 0 Å². The van der Waals surface area contributed by atoms with Gasteiger partial charge in [0.1, 0.15) is 17.2 Å². The third kappa shape index (κ3) is 4.96. The third-order valence-electron chi connectivity index (χ3n) is 5.77. The molecule has 0 amide bonds. The molecule has 4 rings (SSSR count). The van der Waals surface area contributed by atoms with Gasteiger partial charge in [0.05, 0.1) is 25.9 Å². The van der Waals surface area contributed by atoms with E-state index in [1.165, 1.54) is 11.1 Å². The van der Waals surface area contributed by atoms with Crippen LogP contribution >= 0.6 is 0 Å². The number of ether oxygens (including phenoxy) is 4. The van der Waals surface area contributed by atoms with Gasteiger partial charge in [0.2, 0.25) is 0 Å². The molecule has 0 aliphatic heterocycles. The molecule has 3 aromatic rings. The number of carbonyl (C=O) groups is 2. The maximum atomic E-state index is 12.7. The van der Waals surface area contributed by atoms with Gasteiger partial charge in [-0.05, 0) is 70.8 Å². The Morgan fingerprint density at radius 1 is 0.882 bits per heavy atom. The molecule has 0 saturated carbocycles. The van der Waals surface area contributed by atoms with Crippen molar-refractivity contribution >= 4 is 11.9 Å². The minimum absolute atomic E-state index is 0.176. The van der Waals surface area contributed by atoms with Crippen LogP contribution < -0.4 is 14.2 Å². The molecule has 174 valence electrons. The maximum absolute atomic E-state index is 12.7. The highest BCUT2D eigenvalue weighted by Crippen LogP contribution is 2.46. The smallest absolute Gasteiger partial charge is 0.343 e. The lowest BCUT2D eigenvalue weighted by Crippen LogP contribution is -2.09. The van der Waals surface area contributed by atoms with Crippen molar-refractivity contribution in [3.63, 3.8) is 0 Å². The Hall–Kier alpha value is -4.06. The van der Waals surface area contributed by atoms with Gasteiger partial charge in [-0.25, -0.2) is 9.59 Å². The van der Waals surface area contributed by atoms with Crippen molar-refractivity contribution in [3.05, 3.63) is 90.0 Å². The van der Waals surface area contributed by atoms with Crippen molar-refractivity contribution in [2.45, 2.75) is 19.3 Å². The van der Waals surface area contributed by atoms with Crippen molar-refractivity contribution in [1.29, 1.82) is 0 Å². The van der Waals surface area contributed by atoms with E-state index in [1.807, 2.05) is 24.3 Å². The molecule has 1 aliphatic rings. The van der Waals surface area contributed by atoms with E-state index >= 15 is 0 Å². The third-order valence-corrected chi connectivity index (χ3v) is 5.77. The van der Waals surface area contributed by atoms with E-state index in [2.05, 4.69) is 25.6 Å². The molecule has 34 heavy (non-hydrogen) atoms. The van der Waals surface area contributed by atoms with Crippen molar-refractivity contribution in [3.8, 4) is 28.4 Å². The summed E-state index contributed by atoms with van der Waals surface area (Å²) in [5, 5.41) is 0. The molecule has 6 nitrogen and oxygen atoms in total. The molecule has 0 N–H and O–H groups in total. The van der Waals surface area contributed by atoms with Crippen molar-refractivity contribution in [2.24, 2.45) is 0 Å². The molecule has 6 heteroatoms. The van der Waals surface area contributed by atoms with Gasteiger partial charge in [0.15, 0.2) is 0 Å².